The van der Waals surface area contributed by atoms with E-state index in [1.165, 1.54) is 6.07 Å². The van der Waals surface area contributed by atoms with Crippen LogP contribution in [-0.4, -0.2) is 28.3 Å². The lowest BCUT2D eigenvalue weighted by Gasteiger charge is -2.13. The number of carboxylic acids is 1. The molecule has 1 aromatic rings. The van der Waals surface area contributed by atoms with Crippen molar-refractivity contribution < 1.29 is 24.5 Å². The third kappa shape index (κ3) is 3.27. The first-order valence-corrected chi connectivity index (χ1v) is 4.67. The molecule has 0 spiro atoms. The molecule has 0 aliphatic carbocycles. The first-order chi connectivity index (χ1) is 7.50. The van der Waals surface area contributed by atoms with Gasteiger partial charge in [-0.3, -0.25) is 4.79 Å². The molecule has 86 valence electrons. The normalized spacial score (nSPS) is 11.8. The van der Waals surface area contributed by atoms with Crippen molar-refractivity contribution in [2.75, 3.05) is 0 Å². The number of carbonyl (C=O) groups excluding carboxylic acids is 1. The summed E-state index contributed by atoms with van der Waals surface area (Å²) < 4.78 is 4.62. The van der Waals surface area contributed by atoms with Crippen LogP contribution in [0.1, 0.15) is 12.5 Å². The maximum atomic E-state index is 10.8. The molecule has 5 heteroatoms. The Morgan fingerprint density at radius 3 is 2.50 bits per heavy atom. The summed E-state index contributed by atoms with van der Waals surface area (Å²) >= 11 is 0. The van der Waals surface area contributed by atoms with E-state index in [-0.39, 0.29) is 12.2 Å². The second-order valence-electron chi connectivity index (χ2n) is 3.27. The number of esters is 1. The van der Waals surface area contributed by atoms with Crippen LogP contribution >= 0.6 is 0 Å². The van der Waals surface area contributed by atoms with Gasteiger partial charge in [-0.25, -0.2) is 4.79 Å². The van der Waals surface area contributed by atoms with Gasteiger partial charge in [0.25, 0.3) is 0 Å². The third-order valence-electron chi connectivity index (χ3n) is 1.98. The van der Waals surface area contributed by atoms with Crippen LogP contribution < -0.4 is 0 Å². The number of rotatable bonds is 4. The summed E-state index contributed by atoms with van der Waals surface area (Å²) in [6.07, 6.45) is -1.33. The predicted molar refractivity (Wildman–Crippen MR) is 55.0 cm³/mol. The number of hydrogen-bond acceptors (Lipinski definition) is 4. The molecule has 0 aliphatic heterocycles. The average molecular weight is 224 g/mol. The molecule has 0 amide bonds. The molecule has 1 rings (SSSR count). The Hall–Kier alpha value is -2.04. The largest absolute Gasteiger partial charge is 0.508 e. The Bertz CT molecular complexity index is 399. The number of benzene rings is 1. The number of carbonyl (C=O) groups is 2. The van der Waals surface area contributed by atoms with E-state index in [4.69, 9.17) is 5.11 Å². The lowest BCUT2D eigenvalue weighted by molar-refractivity contribution is -0.162. The maximum Gasteiger partial charge on any atom is 0.345 e. The molecule has 1 atom stereocenters. The molecule has 0 unspecified atom stereocenters. The summed E-state index contributed by atoms with van der Waals surface area (Å²) in [6.45, 7) is 1.14. The number of aliphatic carboxylic acids is 1. The van der Waals surface area contributed by atoms with E-state index in [0.29, 0.717) is 5.56 Å². The van der Waals surface area contributed by atoms with Crippen molar-refractivity contribution in [3.8, 4) is 5.75 Å². The zero-order valence-corrected chi connectivity index (χ0v) is 8.71. The molecule has 0 bridgehead atoms. The smallest absolute Gasteiger partial charge is 0.345 e. The average Bonchev–Trinajstić information content (AvgIpc) is 2.19. The van der Waals surface area contributed by atoms with Gasteiger partial charge in [0.05, 0.1) is 0 Å². The van der Waals surface area contributed by atoms with Crippen LogP contribution in [0.5, 0.6) is 5.75 Å². The molecule has 0 aromatic heterocycles. The van der Waals surface area contributed by atoms with Gasteiger partial charge >= 0.3 is 11.9 Å². The van der Waals surface area contributed by atoms with Crippen LogP contribution in [0.2, 0.25) is 0 Å². The standard InChI is InChI=1S/C11H12O5/c1-7(12)16-10(11(14)15)6-8-4-2-3-5-9(8)13/h2-5,10,13H,6H2,1H3,(H,14,15)/t10-/m0/s1. The molecule has 16 heavy (non-hydrogen) atoms. The molecule has 2 N–H and O–H groups in total. The van der Waals surface area contributed by atoms with Crippen LogP contribution in [0.4, 0.5) is 0 Å². The SMILES string of the molecule is CC(=O)O[C@@H](Cc1ccccc1O)C(=O)O. The molecule has 1 aromatic carbocycles. The molecule has 0 fully saturated rings. The first-order valence-electron chi connectivity index (χ1n) is 4.67. The Balaban J connectivity index is 2.80. The summed E-state index contributed by atoms with van der Waals surface area (Å²) in [7, 11) is 0. The van der Waals surface area contributed by atoms with Crippen LogP contribution in [0, 0.1) is 0 Å². The van der Waals surface area contributed by atoms with Gasteiger partial charge in [-0.15, -0.1) is 0 Å². The van der Waals surface area contributed by atoms with E-state index in [2.05, 4.69) is 4.74 Å². The van der Waals surface area contributed by atoms with Crippen LogP contribution in [0.15, 0.2) is 24.3 Å². The van der Waals surface area contributed by atoms with Crippen LogP contribution in [0.3, 0.4) is 0 Å². The minimum Gasteiger partial charge on any atom is -0.508 e. The Labute approximate surface area is 92.3 Å². The third-order valence-corrected chi connectivity index (χ3v) is 1.98. The number of carboxylic acid groups (broad SMARTS) is 1. The zero-order valence-electron chi connectivity index (χ0n) is 8.71. The van der Waals surface area contributed by atoms with E-state index in [0.717, 1.165) is 6.92 Å². The summed E-state index contributed by atoms with van der Waals surface area (Å²) in [4.78, 5) is 21.5. The number of aromatic hydroxyl groups is 1. The van der Waals surface area contributed by atoms with Crippen LogP contribution in [-0.2, 0) is 20.7 Å². The van der Waals surface area contributed by atoms with Gasteiger partial charge in [-0.2, -0.15) is 0 Å². The van der Waals surface area contributed by atoms with E-state index < -0.39 is 18.0 Å². The van der Waals surface area contributed by atoms with Gasteiger partial charge in [0.15, 0.2) is 0 Å². The highest BCUT2D eigenvalue weighted by Crippen LogP contribution is 2.18. The van der Waals surface area contributed by atoms with Crippen molar-refractivity contribution in [2.45, 2.75) is 19.4 Å². The van der Waals surface area contributed by atoms with Gasteiger partial charge in [0.1, 0.15) is 5.75 Å². The number of phenolic OH excluding ortho intramolecular Hbond substituents is 1. The molecular weight excluding hydrogens is 212 g/mol. The minimum absolute atomic E-state index is 0.0131. The molecule has 0 radical (unpaired) electrons. The van der Waals surface area contributed by atoms with E-state index in [1.807, 2.05) is 0 Å². The quantitative estimate of drug-likeness (QED) is 0.744. The van der Waals surface area contributed by atoms with Crippen molar-refractivity contribution in [1.82, 2.24) is 0 Å². The Morgan fingerprint density at radius 2 is 2.00 bits per heavy atom. The highest BCUT2D eigenvalue weighted by Gasteiger charge is 2.22. The summed E-state index contributed by atoms with van der Waals surface area (Å²) in [6, 6.07) is 6.32. The van der Waals surface area contributed by atoms with Crippen molar-refractivity contribution in [2.24, 2.45) is 0 Å². The van der Waals surface area contributed by atoms with Crippen molar-refractivity contribution in [3.63, 3.8) is 0 Å². The Kier molecular flexibility index (Phi) is 3.88. The number of hydrogen-bond donors (Lipinski definition) is 2. The number of phenols is 1. The summed E-state index contributed by atoms with van der Waals surface area (Å²) in [5.74, 6) is -1.91. The molecule has 5 nitrogen and oxygen atoms in total. The number of ether oxygens (including phenoxy) is 1. The van der Waals surface area contributed by atoms with Crippen molar-refractivity contribution in [3.05, 3.63) is 29.8 Å². The Morgan fingerprint density at radius 1 is 1.38 bits per heavy atom. The topological polar surface area (TPSA) is 83.8 Å². The predicted octanol–water partition coefficient (Wildman–Crippen LogP) is 0.951. The second-order valence-corrected chi connectivity index (χ2v) is 3.27. The molecule has 0 saturated carbocycles. The maximum absolute atomic E-state index is 10.8. The van der Waals surface area contributed by atoms with Crippen LogP contribution in [0.25, 0.3) is 0 Å². The molecule has 0 heterocycles. The first kappa shape index (κ1) is 12.0. The lowest BCUT2D eigenvalue weighted by atomic mass is 10.1. The fraction of sp³-hybridized carbons (Fsp3) is 0.273. The number of para-hydroxylation sites is 1. The summed E-state index contributed by atoms with van der Waals surface area (Å²) in [5, 5.41) is 18.3. The fourth-order valence-corrected chi connectivity index (χ4v) is 1.26. The van der Waals surface area contributed by atoms with Gasteiger partial charge in [-0.1, -0.05) is 18.2 Å². The highest BCUT2D eigenvalue weighted by molar-refractivity contribution is 5.77. The molecule has 0 saturated heterocycles. The fourth-order valence-electron chi connectivity index (χ4n) is 1.26. The van der Waals surface area contributed by atoms with Gasteiger partial charge in [0, 0.05) is 13.3 Å². The second kappa shape index (κ2) is 5.16. The lowest BCUT2D eigenvalue weighted by Crippen LogP contribution is -2.28. The monoisotopic (exact) mass is 224 g/mol. The molecular formula is C11H12O5. The van der Waals surface area contributed by atoms with E-state index in [1.54, 1.807) is 18.2 Å². The van der Waals surface area contributed by atoms with Gasteiger partial charge < -0.3 is 14.9 Å². The van der Waals surface area contributed by atoms with E-state index in [9.17, 15) is 14.7 Å². The van der Waals surface area contributed by atoms with Gasteiger partial charge in [-0.05, 0) is 11.6 Å². The highest BCUT2D eigenvalue weighted by atomic mass is 16.6. The zero-order chi connectivity index (χ0) is 12.1. The minimum atomic E-state index is -1.27. The molecule has 0 aliphatic rings. The van der Waals surface area contributed by atoms with Crippen molar-refractivity contribution >= 4 is 11.9 Å². The van der Waals surface area contributed by atoms with E-state index >= 15 is 0 Å². The summed E-state index contributed by atoms with van der Waals surface area (Å²) in [5.41, 5.74) is 0.427. The van der Waals surface area contributed by atoms with Gasteiger partial charge in [0.2, 0.25) is 6.10 Å². The van der Waals surface area contributed by atoms with Crippen molar-refractivity contribution in [1.29, 1.82) is 0 Å².